The Bertz CT molecular complexity index is 430. The molecule has 1 fully saturated rings. The maximum Gasteiger partial charge on any atom is 0.338 e. The number of aliphatic carboxylic acids is 1. The van der Waals surface area contributed by atoms with E-state index in [1.165, 1.54) is 6.92 Å². The number of ketones is 1. The van der Waals surface area contributed by atoms with Gasteiger partial charge in [0.15, 0.2) is 11.8 Å². The van der Waals surface area contributed by atoms with Gasteiger partial charge in [0.1, 0.15) is 18.0 Å². The van der Waals surface area contributed by atoms with Crippen LogP contribution in [-0.2, 0) is 14.3 Å². The van der Waals surface area contributed by atoms with Crippen LogP contribution in [0.25, 0.3) is 0 Å². The molecule has 0 amide bonds. The average molecular weight is 324 g/mol. The number of halogens is 1. The maximum atomic E-state index is 14.2. The van der Waals surface area contributed by atoms with Gasteiger partial charge in [-0.1, -0.05) is 0 Å². The molecule has 0 spiro atoms. The number of hydrogen-bond donors (Lipinski definition) is 5. The van der Waals surface area contributed by atoms with E-state index in [1.54, 1.807) is 0 Å². The second-order valence-corrected chi connectivity index (χ2v) is 5.70. The Morgan fingerprint density at radius 2 is 1.91 bits per heavy atom. The zero-order chi connectivity index (χ0) is 17.2. The minimum Gasteiger partial charge on any atom is -0.479 e. The third-order valence-corrected chi connectivity index (χ3v) is 3.93. The summed E-state index contributed by atoms with van der Waals surface area (Å²) in [6.07, 6.45) is -9.62. The van der Waals surface area contributed by atoms with Crippen LogP contribution >= 0.6 is 0 Å². The predicted octanol–water partition coefficient (Wildman–Crippen LogP) is -1.76. The third kappa shape index (κ3) is 3.44. The molecule has 5 unspecified atom stereocenters. The normalized spacial score (nSPS) is 38.3. The third-order valence-electron chi connectivity index (χ3n) is 3.93. The van der Waals surface area contributed by atoms with Gasteiger partial charge in [0.05, 0.1) is 18.8 Å². The largest absolute Gasteiger partial charge is 0.479 e. The van der Waals surface area contributed by atoms with Crippen LogP contribution in [0.4, 0.5) is 4.39 Å². The quantitative estimate of drug-likeness (QED) is 0.386. The number of carbonyl (C=O) groups excluding carboxylic acids is 1. The second-order valence-electron chi connectivity index (χ2n) is 5.70. The fraction of sp³-hybridized carbons (Fsp3) is 0.846. The van der Waals surface area contributed by atoms with Crippen molar-refractivity contribution in [2.75, 3.05) is 6.61 Å². The van der Waals surface area contributed by atoms with Crippen LogP contribution in [0.5, 0.6) is 0 Å². The fourth-order valence-electron chi connectivity index (χ4n) is 2.56. The molecule has 0 saturated carbocycles. The molecule has 1 saturated heterocycles. The summed E-state index contributed by atoms with van der Waals surface area (Å²) in [4.78, 5) is 22.5. The van der Waals surface area contributed by atoms with Crippen molar-refractivity contribution in [2.24, 2.45) is 5.92 Å². The molecule has 9 heteroatoms. The number of carboxylic acid groups (broad SMARTS) is 1. The number of aliphatic hydroxyl groups excluding tert-OH is 4. The Kier molecular flexibility index (Phi) is 5.99. The number of alkyl halides is 1. The van der Waals surface area contributed by atoms with Gasteiger partial charge in [-0.3, -0.25) is 0 Å². The van der Waals surface area contributed by atoms with Crippen molar-refractivity contribution in [2.45, 2.75) is 56.5 Å². The van der Waals surface area contributed by atoms with E-state index in [2.05, 4.69) is 0 Å². The van der Waals surface area contributed by atoms with Gasteiger partial charge in [-0.15, -0.1) is 0 Å². The maximum absolute atomic E-state index is 14.2. The summed E-state index contributed by atoms with van der Waals surface area (Å²) in [5.41, 5.74) is -2.45. The summed E-state index contributed by atoms with van der Waals surface area (Å²) in [7, 11) is 0. The molecule has 0 aliphatic carbocycles. The summed E-state index contributed by atoms with van der Waals surface area (Å²) >= 11 is 0. The monoisotopic (exact) mass is 324 g/mol. The van der Waals surface area contributed by atoms with Gasteiger partial charge in [0, 0.05) is 12.3 Å². The number of hydrogen-bond acceptors (Lipinski definition) is 7. The summed E-state index contributed by atoms with van der Waals surface area (Å²) in [6.45, 7) is 1.21. The standard InChI is InChI=1S/C13H21FO8/c1-5(16)3-6-8(18)11(14)13(2,12(20)21)22-10(6)9(19)7(17)4-15/h6-11,15,17-19H,3-4H2,1-2H3,(H,20,21)/t6?,7-,8?,9-,10?,11?,13?/m1/s1. The number of rotatable bonds is 6. The lowest BCUT2D eigenvalue weighted by molar-refractivity contribution is -0.259. The Morgan fingerprint density at radius 3 is 2.32 bits per heavy atom. The lowest BCUT2D eigenvalue weighted by atomic mass is 9.77. The number of carboxylic acids is 1. The van der Waals surface area contributed by atoms with E-state index in [4.69, 9.17) is 14.9 Å². The van der Waals surface area contributed by atoms with Crippen molar-refractivity contribution in [1.82, 2.24) is 0 Å². The van der Waals surface area contributed by atoms with Gasteiger partial charge in [-0.25, -0.2) is 9.18 Å². The number of Topliss-reactive ketones (excluding diaryl/α,β-unsaturated/α-hetero) is 1. The highest BCUT2D eigenvalue weighted by molar-refractivity contribution is 5.79. The van der Waals surface area contributed by atoms with E-state index in [-0.39, 0.29) is 6.42 Å². The van der Waals surface area contributed by atoms with E-state index in [1.807, 2.05) is 0 Å². The molecule has 1 aliphatic rings. The number of ether oxygens (including phenoxy) is 1. The number of aliphatic hydroxyl groups is 4. The molecule has 0 aromatic rings. The van der Waals surface area contributed by atoms with Crippen LogP contribution in [0.2, 0.25) is 0 Å². The van der Waals surface area contributed by atoms with E-state index in [9.17, 15) is 29.3 Å². The van der Waals surface area contributed by atoms with E-state index in [0.717, 1.165) is 6.92 Å². The first-order chi connectivity index (χ1) is 10.1. The van der Waals surface area contributed by atoms with Gasteiger partial charge in [-0.05, 0) is 13.8 Å². The highest BCUT2D eigenvalue weighted by atomic mass is 19.1. The second kappa shape index (κ2) is 6.97. The topological polar surface area (TPSA) is 145 Å². The van der Waals surface area contributed by atoms with Crippen LogP contribution in [0.3, 0.4) is 0 Å². The number of carbonyl (C=O) groups is 2. The van der Waals surface area contributed by atoms with Gasteiger partial charge < -0.3 is 35.1 Å². The molecule has 0 aromatic carbocycles. The molecule has 8 nitrogen and oxygen atoms in total. The van der Waals surface area contributed by atoms with Gasteiger partial charge in [0.25, 0.3) is 0 Å². The van der Waals surface area contributed by atoms with Gasteiger partial charge >= 0.3 is 5.97 Å². The molecule has 5 N–H and O–H groups in total. The Hall–Kier alpha value is -1.13. The smallest absolute Gasteiger partial charge is 0.338 e. The Labute approximate surface area is 126 Å². The zero-order valence-electron chi connectivity index (χ0n) is 12.2. The van der Waals surface area contributed by atoms with E-state index >= 15 is 0 Å². The highest BCUT2D eigenvalue weighted by Crippen LogP contribution is 2.39. The molecule has 1 aliphatic heterocycles. The van der Waals surface area contributed by atoms with Crippen molar-refractivity contribution < 1.29 is 44.2 Å². The minimum absolute atomic E-state index is 0.378. The SMILES string of the molecule is CC(=O)CC1C(O)C(F)C(C)(C(=O)O)OC1[C@H](O)[C@H](O)CO. The molecular weight excluding hydrogens is 303 g/mol. The molecule has 128 valence electrons. The van der Waals surface area contributed by atoms with Crippen molar-refractivity contribution >= 4 is 11.8 Å². The first kappa shape index (κ1) is 18.9. The molecule has 1 heterocycles. The van der Waals surface area contributed by atoms with E-state index < -0.39 is 60.5 Å². The molecule has 0 radical (unpaired) electrons. The van der Waals surface area contributed by atoms with Crippen molar-refractivity contribution in [1.29, 1.82) is 0 Å². The fourth-order valence-corrected chi connectivity index (χ4v) is 2.56. The van der Waals surface area contributed by atoms with Crippen LogP contribution < -0.4 is 0 Å². The van der Waals surface area contributed by atoms with Crippen molar-refractivity contribution in [3.8, 4) is 0 Å². The van der Waals surface area contributed by atoms with E-state index in [0.29, 0.717) is 0 Å². The van der Waals surface area contributed by atoms with Gasteiger partial charge in [-0.2, -0.15) is 0 Å². The van der Waals surface area contributed by atoms with Crippen molar-refractivity contribution in [3.63, 3.8) is 0 Å². The molecule has 1 rings (SSSR count). The zero-order valence-corrected chi connectivity index (χ0v) is 12.2. The summed E-state index contributed by atoms with van der Waals surface area (Å²) in [6, 6.07) is 0. The van der Waals surface area contributed by atoms with Crippen LogP contribution in [0.15, 0.2) is 0 Å². The molecule has 0 bridgehead atoms. The molecule has 0 aromatic heterocycles. The molecule has 7 atom stereocenters. The van der Waals surface area contributed by atoms with Crippen LogP contribution in [-0.4, -0.2) is 80.1 Å². The highest BCUT2D eigenvalue weighted by Gasteiger charge is 2.58. The summed E-state index contributed by atoms with van der Waals surface area (Å²) < 4.78 is 19.3. The predicted molar refractivity (Wildman–Crippen MR) is 69.7 cm³/mol. The molecule has 22 heavy (non-hydrogen) atoms. The Morgan fingerprint density at radius 1 is 1.36 bits per heavy atom. The van der Waals surface area contributed by atoms with Crippen molar-refractivity contribution in [3.05, 3.63) is 0 Å². The Balaban J connectivity index is 3.19. The lowest BCUT2D eigenvalue weighted by Gasteiger charge is -2.47. The molecular formula is C13H21FO8. The lowest BCUT2D eigenvalue weighted by Crippen LogP contribution is -2.66. The minimum atomic E-state index is -2.45. The first-order valence-corrected chi connectivity index (χ1v) is 6.76. The summed E-state index contributed by atoms with van der Waals surface area (Å²) in [5, 5.41) is 47.5. The van der Waals surface area contributed by atoms with Gasteiger partial charge in [0.2, 0.25) is 0 Å². The summed E-state index contributed by atoms with van der Waals surface area (Å²) in [5.74, 6) is -3.39. The van der Waals surface area contributed by atoms with Crippen LogP contribution in [0, 0.1) is 5.92 Å². The first-order valence-electron chi connectivity index (χ1n) is 6.76. The average Bonchev–Trinajstić information content (AvgIpc) is 2.45. The van der Waals surface area contributed by atoms with Crippen LogP contribution in [0.1, 0.15) is 20.3 Å².